The van der Waals surface area contributed by atoms with Crippen LogP contribution in [0.25, 0.3) is 0 Å². The maximum absolute atomic E-state index is 14.0. The number of carbonyl (C=O) groups excluding carboxylic acids is 3. The molecule has 0 bridgehead atoms. The van der Waals surface area contributed by atoms with Crippen molar-refractivity contribution in [3.8, 4) is 0 Å². The van der Waals surface area contributed by atoms with E-state index in [-0.39, 0.29) is 24.8 Å². The molecule has 2 aromatic carbocycles. The van der Waals surface area contributed by atoms with Gasteiger partial charge in [-0.15, -0.1) is 0 Å². The Kier molecular flexibility index (Phi) is 5.05. The second-order valence-corrected chi connectivity index (χ2v) is 8.86. The summed E-state index contributed by atoms with van der Waals surface area (Å²) in [5.74, 6) is -2.74. The number of fused-ring (bicyclic) bond motifs is 3. The van der Waals surface area contributed by atoms with E-state index in [1.54, 1.807) is 31.2 Å². The number of hydrogen-bond donors (Lipinski definition) is 0. The van der Waals surface area contributed by atoms with Gasteiger partial charge in [0.05, 0.1) is 24.1 Å². The fourth-order valence-electron chi connectivity index (χ4n) is 5.79. The summed E-state index contributed by atoms with van der Waals surface area (Å²) in [5, 5.41) is 0. The zero-order valence-corrected chi connectivity index (χ0v) is 18.6. The van der Waals surface area contributed by atoms with E-state index in [0.29, 0.717) is 17.8 Å². The van der Waals surface area contributed by atoms with Gasteiger partial charge in [0.25, 0.3) is 0 Å². The maximum Gasteiger partial charge on any atom is 0.327 e. The smallest absolute Gasteiger partial charge is 0.327 e. The highest BCUT2D eigenvalue weighted by Gasteiger charge is 2.73. The number of benzene rings is 2. The van der Waals surface area contributed by atoms with Gasteiger partial charge in [0.1, 0.15) is 5.54 Å². The molecule has 2 amide bonds. The Hall–Kier alpha value is -3.51. The van der Waals surface area contributed by atoms with Gasteiger partial charge in [-0.05, 0) is 35.8 Å². The first-order chi connectivity index (χ1) is 15.9. The van der Waals surface area contributed by atoms with E-state index in [1.807, 2.05) is 41.3 Å². The van der Waals surface area contributed by atoms with Gasteiger partial charge in [-0.1, -0.05) is 61.7 Å². The standard InChI is InChI=1S/C27H26N2O4/c1-4-33-26(32)27-15-17(2)18(3)16-28(27)23(19-11-7-5-8-12-19)21-22(27)25(31)29(24(21)30)20-13-9-6-10-14-20/h5-14,21-23H,2-4,15-16H2,1H3/t21-,22-,23-,27-/m1/s1. The number of esters is 1. The highest BCUT2D eigenvalue weighted by molar-refractivity contribution is 6.24. The van der Waals surface area contributed by atoms with Crippen LogP contribution >= 0.6 is 0 Å². The van der Waals surface area contributed by atoms with Crippen molar-refractivity contribution in [1.82, 2.24) is 4.90 Å². The highest BCUT2D eigenvalue weighted by Crippen LogP contribution is 2.59. The Morgan fingerprint density at radius 3 is 2.27 bits per heavy atom. The second-order valence-electron chi connectivity index (χ2n) is 8.86. The van der Waals surface area contributed by atoms with Gasteiger partial charge >= 0.3 is 5.97 Å². The summed E-state index contributed by atoms with van der Waals surface area (Å²) in [4.78, 5) is 44.7. The van der Waals surface area contributed by atoms with Gasteiger partial charge in [0.15, 0.2) is 0 Å². The molecule has 0 N–H and O–H groups in total. The summed E-state index contributed by atoms with van der Waals surface area (Å²) in [6.07, 6.45) is 0.205. The Morgan fingerprint density at radius 2 is 1.64 bits per heavy atom. The lowest BCUT2D eigenvalue weighted by molar-refractivity contribution is -0.162. The number of carbonyl (C=O) groups is 3. The van der Waals surface area contributed by atoms with Crippen molar-refractivity contribution >= 4 is 23.5 Å². The molecule has 2 aromatic rings. The van der Waals surface area contributed by atoms with Crippen molar-refractivity contribution < 1.29 is 19.1 Å². The molecule has 168 valence electrons. The second kappa shape index (κ2) is 7.81. The van der Waals surface area contributed by atoms with E-state index in [0.717, 1.165) is 11.1 Å². The van der Waals surface area contributed by atoms with Gasteiger partial charge in [-0.2, -0.15) is 0 Å². The molecule has 3 aliphatic rings. The molecule has 5 rings (SSSR count). The van der Waals surface area contributed by atoms with Crippen LogP contribution in [-0.2, 0) is 19.1 Å². The Morgan fingerprint density at radius 1 is 1.00 bits per heavy atom. The number of hydrogen-bond acceptors (Lipinski definition) is 5. The van der Waals surface area contributed by atoms with Crippen molar-refractivity contribution in [3.05, 3.63) is 90.5 Å². The summed E-state index contributed by atoms with van der Waals surface area (Å²) >= 11 is 0. The summed E-state index contributed by atoms with van der Waals surface area (Å²) < 4.78 is 5.55. The molecular weight excluding hydrogens is 416 g/mol. The van der Waals surface area contributed by atoms with Crippen molar-refractivity contribution in [1.29, 1.82) is 0 Å². The minimum atomic E-state index is -1.31. The molecule has 4 atom stereocenters. The number of para-hydroxylation sites is 1. The first-order valence-corrected chi connectivity index (χ1v) is 11.2. The van der Waals surface area contributed by atoms with Gasteiger partial charge < -0.3 is 4.74 Å². The molecule has 33 heavy (non-hydrogen) atoms. The Balaban J connectivity index is 1.73. The zero-order valence-electron chi connectivity index (χ0n) is 18.6. The predicted octanol–water partition coefficient (Wildman–Crippen LogP) is 3.67. The molecule has 0 saturated carbocycles. The maximum atomic E-state index is 14.0. The van der Waals surface area contributed by atoms with Crippen LogP contribution in [0.1, 0.15) is 24.9 Å². The lowest BCUT2D eigenvalue weighted by Crippen LogP contribution is -2.60. The molecule has 0 unspecified atom stereocenters. The lowest BCUT2D eigenvalue weighted by Gasteiger charge is -2.46. The van der Waals surface area contributed by atoms with Crippen molar-refractivity contribution in [2.45, 2.75) is 24.9 Å². The van der Waals surface area contributed by atoms with E-state index < -0.39 is 29.4 Å². The summed E-state index contributed by atoms with van der Waals surface area (Å²) in [5.41, 5.74) is 1.60. The average molecular weight is 443 g/mol. The summed E-state index contributed by atoms with van der Waals surface area (Å²) in [7, 11) is 0. The highest BCUT2D eigenvalue weighted by atomic mass is 16.5. The molecule has 3 heterocycles. The molecule has 6 nitrogen and oxygen atoms in total. The molecule has 0 aliphatic carbocycles. The van der Waals surface area contributed by atoms with Crippen LogP contribution in [0.3, 0.4) is 0 Å². The third-order valence-electron chi connectivity index (χ3n) is 7.18. The number of piperidine rings is 1. The molecule has 3 aliphatic heterocycles. The SMILES string of the molecule is C=C1CN2[C@H](c3ccccc3)[C@@H]3C(=O)N(c4ccccc4)C(=O)[C@@H]3[C@@]2(C(=O)OCC)CC1=C. The van der Waals surface area contributed by atoms with Gasteiger partial charge in [0, 0.05) is 19.0 Å². The fourth-order valence-corrected chi connectivity index (χ4v) is 5.79. The number of nitrogens with zero attached hydrogens (tertiary/aromatic N) is 2. The first kappa shape index (κ1) is 21.3. The number of anilines is 1. The van der Waals surface area contributed by atoms with Crippen molar-refractivity contribution in [2.24, 2.45) is 11.8 Å². The van der Waals surface area contributed by atoms with Crippen LogP contribution in [-0.4, -0.2) is 41.4 Å². The van der Waals surface area contributed by atoms with Gasteiger partial charge in [-0.3, -0.25) is 19.3 Å². The Labute approximate surface area is 193 Å². The van der Waals surface area contributed by atoms with E-state index >= 15 is 0 Å². The van der Waals surface area contributed by atoms with Gasteiger partial charge in [0.2, 0.25) is 11.8 Å². The first-order valence-electron chi connectivity index (χ1n) is 11.2. The average Bonchev–Trinajstić information content (AvgIpc) is 3.25. The molecule has 3 fully saturated rings. The largest absolute Gasteiger partial charge is 0.465 e. The fraction of sp³-hybridized carbons (Fsp3) is 0.296. The topological polar surface area (TPSA) is 66.9 Å². The predicted molar refractivity (Wildman–Crippen MR) is 124 cm³/mol. The van der Waals surface area contributed by atoms with E-state index in [4.69, 9.17) is 4.74 Å². The molecule has 3 saturated heterocycles. The van der Waals surface area contributed by atoms with Crippen LogP contribution in [0, 0.1) is 11.8 Å². The van der Waals surface area contributed by atoms with Crippen LogP contribution in [0.5, 0.6) is 0 Å². The number of imide groups is 1. The number of ether oxygens (including phenoxy) is 1. The van der Waals surface area contributed by atoms with Crippen LogP contribution < -0.4 is 4.90 Å². The molecule has 0 spiro atoms. The van der Waals surface area contributed by atoms with Gasteiger partial charge in [-0.25, -0.2) is 4.90 Å². The minimum absolute atomic E-state index is 0.180. The van der Waals surface area contributed by atoms with Crippen LogP contribution in [0.2, 0.25) is 0 Å². The zero-order chi connectivity index (χ0) is 23.3. The normalized spacial score (nSPS) is 29.2. The number of rotatable bonds is 4. The molecule has 0 radical (unpaired) electrons. The van der Waals surface area contributed by atoms with E-state index in [1.165, 1.54) is 4.90 Å². The quantitative estimate of drug-likeness (QED) is 0.534. The summed E-state index contributed by atoms with van der Waals surface area (Å²) in [6.45, 7) is 10.5. The van der Waals surface area contributed by atoms with E-state index in [9.17, 15) is 14.4 Å². The minimum Gasteiger partial charge on any atom is -0.465 e. The molecular formula is C27H26N2O4. The van der Waals surface area contributed by atoms with Crippen LogP contribution in [0.4, 0.5) is 5.69 Å². The summed E-state index contributed by atoms with van der Waals surface area (Å²) in [6, 6.07) is 18.0. The van der Waals surface area contributed by atoms with Crippen molar-refractivity contribution in [3.63, 3.8) is 0 Å². The van der Waals surface area contributed by atoms with Crippen LogP contribution in [0.15, 0.2) is 85.0 Å². The molecule has 6 heteroatoms. The third kappa shape index (κ3) is 2.94. The van der Waals surface area contributed by atoms with Crippen molar-refractivity contribution in [2.75, 3.05) is 18.1 Å². The lowest BCUT2D eigenvalue weighted by atomic mass is 9.73. The molecule has 0 aromatic heterocycles. The third-order valence-corrected chi connectivity index (χ3v) is 7.18. The van der Waals surface area contributed by atoms with E-state index in [2.05, 4.69) is 13.2 Å². The monoisotopic (exact) mass is 442 g/mol. The Bertz CT molecular complexity index is 1160. The number of amides is 2.